The fourth-order valence-electron chi connectivity index (χ4n) is 2.06. The van der Waals surface area contributed by atoms with Gasteiger partial charge in [0.05, 0.1) is 21.3 Å². The van der Waals surface area contributed by atoms with Crippen LogP contribution in [0, 0.1) is 0 Å². The first-order valence-electron chi connectivity index (χ1n) is 6.71. The summed E-state index contributed by atoms with van der Waals surface area (Å²) in [6.45, 7) is 0.387. The number of rotatable bonds is 6. The van der Waals surface area contributed by atoms with Crippen molar-refractivity contribution in [1.82, 2.24) is 0 Å². The zero-order valence-corrected chi connectivity index (χ0v) is 12.8. The van der Waals surface area contributed by atoms with E-state index in [1.807, 2.05) is 30.3 Å². The molecule has 0 N–H and O–H groups in total. The molecular formula is C17H18O5. The van der Waals surface area contributed by atoms with Crippen LogP contribution in [0.5, 0.6) is 17.2 Å². The zero-order valence-electron chi connectivity index (χ0n) is 12.8. The molecule has 0 aliphatic carbocycles. The Bertz CT molecular complexity index is 637. The highest BCUT2D eigenvalue weighted by Gasteiger charge is 2.21. The first kappa shape index (κ1) is 15.7. The quantitative estimate of drug-likeness (QED) is 0.768. The third-order valence-electron chi connectivity index (χ3n) is 3.13. The molecule has 5 nitrogen and oxygen atoms in total. The molecule has 0 aliphatic heterocycles. The van der Waals surface area contributed by atoms with Crippen LogP contribution in [0.4, 0.5) is 0 Å². The number of hydrogen-bond donors (Lipinski definition) is 0. The van der Waals surface area contributed by atoms with Crippen LogP contribution in [0.3, 0.4) is 0 Å². The summed E-state index contributed by atoms with van der Waals surface area (Å²) in [4.78, 5) is 11.8. The maximum Gasteiger partial charge on any atom is 0.341 e. The molecule has 0 saturated heterocycles. The van der Waals surface area contributed by atoms with Gasteiger partial charge in [0.25, 0.3) is 0 Å². The molecule has 0 radical (unpaired) electrons. The molecule has 5 heteroatoms. The lowest BCUT2D eigenvalue weighted by molar-refractivity contribution is 0.0596. The molecule has 0 amide bonds. The standard InChI is InChI=1S/C17H18O5/c1-19-15-13(17(18)21-3)9-10-14(16(15)20-2)22-11-12-7-5-4-6-8-12/h4-10H,11H2,1-3H3. The van der Waals surface area contributed by atoms with Gasteiger partial charge >= 0.3 is 5.97 Å². The van der Waals surface area contributed by atoms with Crippen LogP contribution in [0.1, 0.15) is 15.9 Å². The van der Waals surface area contributed by atoms with E-state index in [2.05, 4.69) is 0 Å². The predicted octanol–water partition coefficient (Wildman–Crippen LogP) is 3.07. The van der Waals surface area contributed by atoms with Gasteiger partial charge in [-0.2, -0.15) is 0 Å². The van der Waals surface area contributed by atoms with Crippen molar-refractivity contribution in [3.05, 3.63) is 53.6 Å². The van der Waals surface area contributed by atoms with Crippen LogP contribution in [-0.4, -0.2) is 27.3 Å². The first-order valence-corrected chi connectivity index (χ1v) is 6.71. The summed E-state index contributed by atoms with van der Waals surface area (Å²) >= 11 is 0. The second kappa shape index (κ2) is 7.36. The fourth-order valence-corrected chi connectivity index (χ4v) is 2.06. The SMILES string of the molecule is COC(=O)c1ccc(OCc2ccccc2)c(OC)c1OC. The summed E-state index contributed by atoms with van der Waals surface area (Å²) in [6, 6.07) is 13.0. The van der Waals surface area contributed by atoms with Gasteiger partial charge in [0, 0.05) is 0 Å². The van der Waals surface area contributed by atoms with Crippen molar-refractivity contribution in [2.45, 2.75) is 6.61 Å². The summed E-state index contributed by atoms with van der Waals surface area (Å²) < 4.78 is 21.1. The maximum atomic E-state index is 11.8. The summed E-state index contributed by atoms with van der Waals surface area (Å²) in [5, 5.41) is 0. The minimum Gasteiger partial charge on any atom is -0.492 e. The highest BCUT2D eigenvalue weighted by Crippen LogP contribution is 2.40. The van der Waals surface area contributed by atoms with Gasteiger partial charge in [-0.1, -0.05) is 30.3 Å². The Hall–Kier alpha value is -2.69. The predicted molar refractivity (Wildman–Crippen MR) is 81.7 cm³/mol. The van der Waals surface area contributed by atoms with E-state index in [0.29, 0.717) is 23.9 Å². The topological polar surface area (TPSA) is 54.0 Å². The minimum atomic E-state index is -0.496. The second-order valence-corrected chi connectivity index (χ2v) is 4.44. The van der Waals surface area contributed by atoms with Crippen molar-refractivity contribution in [3.63, 3.8) is 0 Å². The summed E-state index contributed by atoms with van der Waals surface area (Å²) in [7, 11) is 4.27. The van der Waals surface area contributed by atoms with E-state index in [9.17, 15) is 4.79 Å². The number of hydrogen-bond acceptors (Lipinski definition) is 5. The molecule has 0 spiro atoms. The molecule has 0 heterocycles. The molecule has 0 aliphatic rings. The zero-order chi connectivity index (χ0) is 15.9. The molecule has 0 atom stereocenters. The fraction of sp³-hybridized carbons (Fsp3) is 0.235. The molecule has 0 unspecified atom stereocenters. The molecule has 22 heavy (non-hydrogen) atoms. The van der Waals surface area contributed by atoms with Gasteiger partial charge in [0.1, 0.15) is 12.2 Å². The Labute approximate surface area is 129 Å². The Morgan fingerprint density at radius 1 is 0.909 bits per heavy atom. The molecule has 2 aromatic carbocycles. The van der Waals surface area contributed by atoms with E-state index in [4.69, 9.17) is 18.9 Å². The third kappa shape index (κ3) is 3.31. The van der Waals surface area contributed by atoms with Crippen LogP contribution >= 0.6 is 0 Å². The monoisotopic (exact) mass is 302 g/mol. The number of esters is 1. The molecule has 0 fully saturated rings. The normalized spacial score (nSPS) is 9.95. The van der Waals surface area contributed by atoms with Gasteiger partial charge in [-0.3, -0.25) is 0 Å². The Balaban J connectivity index is 2.30. The van der Waals surface area contributed by atoms with Gasteiger partial charge in [-0.15, -0.1) is 0 Å². The summed E-state index contributed by atoms with van der Waals surface area (Å²) in [6.07, 6.45) is 0. The molecule has 0 saturated carbocycles. The van der Waals surface area contributed by atoms with Gasteiger partial charge in [0.15, 0.2) is 11.5 Å². The van der Waals surface area contributed by atoms with Crippen molar-refractivity contribution < 1.29 is 23.7 Å². The van der Waals surface area contributed by atoms with Crippen molar-refractivity contribution >= 4 is 5.97 Å². The van der Waals surface area contributed by atoms with E-state index < -0.39 is 5.97 Å². The average molecular weight is 302 g/mol. The second-order valence-electron chi connectivity index (χ2n) is 4.44. The van der Waals surface area contributed by atoms with E-state index >= 15 is 0 Å². The third-order valence-corrected chi connectivity index (χ3v) is 3.13. The maximum absolute atomic E-state index is 11.8. The number of carbonyl (C=O) groups excluding carboxylic acids is 1. The molecule has 2 aromatic rings. The Kier molecular flexibility index (Phi) is 5.25. The lowest BCUT2D eigenvalue weighted by atomic mass is 10.1. The average Bonchev–Trinajstić information content (AvgIpc) is 2.59. The van der Waals surface area contributed by atoms with E-state index in [1.54, 1.807) is 12.1 Å². The highest BCUT2D eigenvalue weighted by atomic mass is 16.5. The lowest BCUT2D eigenvalue weighted by Crippen LogP contribution is -2.07. The van der Waals surface area contributed by atoms with Crippen LogP contribution in [0.15, 0.2) is 42.5 Å². The van der Waals surface area contributed by atoms with Crippen molar-refractivity contribution in [2.24, 2.45) is 0 Å². The number of methoxy groups -OCH3 is 3. The van der Waals surface area contributed by atoms with Crippen molar-refractivity contribution in [1.29, 1.82) is 0 Å². The Morgan fingerprint density at radius 2 is 1.59 bits per heavy atom. The van der Waals surface area contributed by atoms with Gasteiger partial charge in [-0.05, 0) is 17.7 Å². The molecule has 0 aromatic heterocycles. The van der Waals surface area contributed by atoms with Crippen molar-refractivity contribution in [2.75, 3.05) is 21.3 Å². The number of carbonyl (C=O) groups is 1. The number of ether oxygens (including phenoxy) is 4. The van der Waals surface area contributed by atoms with Crippen LogP contribution in [0.25, 0.3) is 0 Å². The van der Waals surface area contributed by atoms with Crippen molar-refractivity contribution in [3.8, 4) is 17.2 Å². The molecule has 2 rings (SSSR count). The smallest absolute Gasteiger partial charge is 0.341 e. The van der Waals surface area contributed by atoms with E-state index in [1.165, 1.54) is 21.3 Å². The molecule has 116 valence electrons. The van der Waals surface area contributed by atoms with Crippen LogP contribution in [0.2, 0.25) is 0 Å². The van der Waals surface area contributed by atoms with Crippen LogP contribution in [-0.2, 0) is 11.3 Å². The van der Waals surface area contributed by atoms with Gasteiger partial charge in [0.2, 0.25) is 5.75 Å². The summed E-state index contributed by atoms with van der Waals surface area (Å²) in [5.74, 6) is 0.654. The van der Waals surface area contributed by atoms with Crippen LogP contribution < -0.4 is 14.2 Å². The highest BCUT2D eigenvalue weighted by molar-refractivity contribution is 5.94. The molecular weight excluding hydrogens is 284 g/mol. The summed E-state index contributed by atoms with van der Waals surface area (Å²) in [5.41, 5.74) is 1.31. The minimum absolute atomic E-state index is 0.286. The first-order chi connectivity index (χ1) is 10.7. The number of benzene rings is 2. The Morgan fingerprint density at radius 3 is 2.18 bits per heavy atom. The largest absolute Gasteiger partial charge is 0.492 e. The van der Waals surface area contributed by atoms with Gasteiger partial charge < -0.3 is 18.9 Å². The molecule has 0 bridgehead atoms. The van der Waals surface area contributed by atoms with E-state index in [-0.39, 0.29) is 5.56 Å². The van der Waals surface area contributed by atoms with E-state index in [0.717, 1.165) is 5.56 Å². The lowest BCUT2D eigenvalue weighted by Gasteiger charge is -2.16. The van der Waals surface area contributed by atoms with Gasteiger partial charge in [-0.25, -0.2) is 4.79 Å².